The number of fused-ring (bicyclic) bond motifs is 3. The first-order chi connectivity index (χ1) is 11.7. The Bertz CT molecular complexity index is 968. The Morgan fingerprint density at radius 2 is 1.40 bits per heavy atom. The van der Waals surface area contributed by atoms with Crippen molar-refractivity contribution in [2.24, 2.45) is 0 Å². The molecule has 0 heterocycles. The topological polar surface area (TPSA) is 38.7 Å². The maximum absolute atomic E-state index is 9.64. The second kappa shape index (κ2) is 6.45. The van der Waals surface area contributed by atoms with E-state index in [4.69, 9.17) is 9.16 Å². The standard InChI is InChI=1S/C21H24O3Si/c1-14(15(2)24-25(3,4)5)23-19-9-11-21-17(13-19)7-6-16-12-18(22)8-10-20(16)21/h6-13,22H,1-5H3. The van der Waals surface area contributed by atoms with Gasteiger partial charge in [0.15, 0.2) is 0 Å². The van der Waals surface area contributed by atoms with Gasteiger partial charge in [0, 0.05) is 0 Å². The van der Waals surface area contributed by atoms with Crippen molar-refractivity contribution in [3.8, 4) is 11.5 Å². The Balaban J connectivity index is 1.95. The van der Waals surface area contributed by atoms with Gasteiger partial charge in [0.05, 0.1) is 0 Å². The average Bonchev–Trinajstić information content (AvgIpc) is 2.52. The summed E-state index contributed by atoms with van der Waals surface area (Å²) in [6.45, 7) is 10.4. The van der Waals surface area contributed by atoms with Gasteiger partial charge in [0.1, 0.15) is 23.0 Å². The first-order valence-corrected chi connectivity index (χ1v) is 11.8. The fourth-order valence-corrected chi connectivity index (χ4v) is 3.94. The number of allylic oxidation sites excluding steroid dienone is 2. The molecule has 0 aliphatic heterocycles. The molecule has 3 aromatic rings. The van der Waals surface area contributed by atoms with Crippen molar-refractivity contribution in [2.45, 2.75) is 33.5 Å². The molecule has 25 heavy (non-hydrogen) atoms. The number of ether oxygens (including phenoxy) is 1. The highest BCUT2D eigenvalue weighted by Crippen LogP contribution is 2.31. The van der Waals surface area contributed by atoms with Gasteiger partial charge in [-0.25, -0.2) is 0 Å². The highest BCUT2D eigenvalue weighted by Gasteiger charge is 2.17. The van der Waals surface area contributed by atoms with Crippen LogP contribution in [0.1, 0.15) is 13.8 Å². The van der Waals surface area contributed by atoms with Crippen LogP contribution in [-0.4, -0.2) is 13.4 Å². The fraction of sp³-hybridized carbons (Fsp3) is 0.238. The highest BCUT2D eigenvalue weighted by molar-refractivity contribution is 6.70. The van der Waals surface area contributed by atoms with Crippen LogP contribution in [0.4, 0.5) is 0 Å². The van der Waals surface area contributed by atoms with Gasteiger partial charge in [-0.05, 0) is 79.3 Å². The van der Waals surface area contributed by atoms with E-state index in [0.29, 0.717) is 0 Å². The van der Waals surface area contributed by atoms with Gasteiger partial charge in [0.25, 0.3) is 0 Å². The fourth-order valence-electron chi connectivity index (χ4n) is 2.88. The second-order valence-corrected chi connectivity index (χ2v) is 11.7. The number of hydrogen-bond donors (Lipinski definition) is 1. The lowest BCUT2D eigenvalue weighted by atomic mass is 10.0. The molecule has 0 unspecified atom stereocenters. The summed E-state index contributed by atoms with van der Waals surface area (Å²) in [5.41, 5.74) is 0. The van der Waals surface area contributed by atoms with Crippen molar-refractivity contribution in [2.75, 3.05) is 0 Å². The van der Waals surface area contributed by atoms with Crippen molar-refractivity contribution in [3.05, 3.63) is 60.0 Å². The molecule has 4 heteroatoms. The first kappa shape index (κ1) is 17.4. The molecule has 0 saturated heterocycles. The van der Waals surface area contributed by atoms with Crippen LogP contribution >= 0.6 is 0 Å². The average molecular weight is 353 g/mol. The summed E-state index contributed by atoms with van der Waals surface area (Å²) in [4.78, 5) is 0. The maximum Gasteiger partial charge on any atom is 0.241 e. The predicted molar refractivity (Wildman–Crippen MR) is 107 cm³/mol. The zero-order chi connectivity index (χ0) is 18.2. The van der Waals surface area contributed by atoms with E-state index in [9.17, 15) is 5.11 Å². The zero-order valence-corrected chi connectivity index (χ0v) is 16.4. The smallest absolute Gasteiger partial charge is 0.241 e. The number of aromatic hydroxyl groups is 1. The van der Waals surface area contributed by atoms with Crippen molar-refractivity contribution in [1.29, 1.82) is 0 Å². The van der Waals surface area contributed by atoms with Crippen molar-refractivity contribution in [1.82, 2.24) is 0 Å². The molecule has 0 aliphatic rings. The van der Waals surface area contributed by atoms with Crippen LogP contribution < -0.4 is 4.74 Å². The highest BCUT2D eigenvalue weighted by atomic mass is 28.4. The van der Waals surface area contributed by atoms with Crippen LogP contribution in [-0.2, 0) is 4.43 Å². The normalized spacial score (nSPS) is 13.0. The van der Waals surface area contributed by atoms with E-state index in [1.165, 1.54) is 0 Å². The van der Waals surface area contributed by atoms with Gasteiger partial charge < -0.3 is 14.3 Å². The van der Waals surface area contributed by atoms with Crippen molar-refractivity contribution in [3.63, 3.8) is 0 Å². The van der Waals surface area contributed by atoms with Crippen LogP contribution in [0, 0.1) is 0 Å². The summed E-state index contributed by atoms with van der Waals surface area (Å²) >= 11 is 0. The lowest BCUT2D eigenvalue weighted by Crippen LogP contribution is -2.25. The molecule has 3 nitrogen and oxygen atoms in total. The Morgan fingerprint density at radius 3 is 2.04 bits per heavy atom. The lowest BCUT2D eigenvalue weighted by Gasteiger charge is -2.21. The monoisotopic (exact) mass is 352 g/mol. The molecule has 0 bridgehead atoms. The molecule has 130 valence electrons. The molecule has 0 aliphatic carbocycles. The van der Waals surface area contributed by atoms with Gasteiger partial charge in [-0.2, -0.15) is 0 Å². The summed E-state index contributed by atoms with van der Waals surface area (Å²) < 4.78 is 12.0. The number of hydrogen-bond acceptors (Lipinski definition) is 3. The van der Waals surface area contributed by atoms with E-state index in [2.05, 4.69) is 31.8 Å². The summed E-state index contributed by atoms with van der Waals surface area (Å²) in [5.74, 6) is 2.70. The molecule has 0 radical (unpaired) electrons. The molecule has 0 atom stereocenters. The molecule has 0 saturated carbocycles. The second-order valence-electron chi connectivity index (χ2n) is 7.28. The van der Waals surface area contributed by atoms with Gasteiger partial charge in [-0.3, -0.25) is 0 Å². The zero-order valence-electron chi connectivity index (χ0n) is 15.4. The van der Waals surface area contributed by atoms with Gasteiger partial charge in [-0.1, -0.05) is 24.3 Å². The van der Waals surface area contributed by atoms with Crippen LogP contribution in [0.5, 0.6) is 11.5 Å². The Kier molecular flexibility index (Phi) is 4.48. The third-order valence-electron chi connectivity index (χ3n) is 4.02. The third kappa shape index (κ3) is 3.96. The minimum absolute atomic E-state index is 0.283. The Morgan fingerprint density at radius 1 is 0.800 bits per heavy atom. The lowest BCUT2D eigenvalue weighted by molar-refractivity contribution is 0.347. The minimum atomic E-state index is -1.64. The molecule has 3 rings (SSSR count). The number of phenolic OH excluding ortho intramolecular Hbond substituents is 1. The summed E-state index contributed by atoms with van der Waals surface area (Å²) in [7, 11) is -1.64. The van der Waals surface area contributed by atoms with E-state index in [1.807, 2.05) is 38.1 Å². The number of rotatable bonds is 4. The molecular weight excluding hydrogens is 328 g/mol. The Labute approximate surface area is 149 Å². The van der Waals surface area contributed by atoms with E-state index < -0.39 is 8.32 Å². The molecule has 0 spiro atoms. The minimum Gasteiger partial charge on any atom is -0.545 e. The van der Waals surface area contributed by atoms with Gasteiger partial charge in [0.2, 0.25) is 8.32 Å². The van der Waals surface area contributed by atoms with Crippen LogP contribution in [0.3, 0.4) is 0 Å². The van der Waals surface area contributed by atoms with Crippen LogP contribution in [0.15, 0.2) is 60.0 Å². The van der Waals surface area contributed by atoms with E-state index >= 15 is 0 Å². The molecule has 0 aromatic heterocycles. The SMILES string of the molecule is CC(Oc1ccc2c(ccc3cc(O)ccc32)c1)=C(C)O[Si](C)(C)C. The number of benzene rings is 3. The quantitative estimate of drug-likeness (QED) is 0.346. The Hall–Kier alpha value is -2.46. The van der Waals surface area contributed by atoms with Gasteiger partial charge in [-0.15, -0.1) is 0 Å². The molecule has 0 amide bonds. The van der Waals surface area contributed by atoms with E-state index in [-0.39, 0.29) is 5.75 Å². The molecule has 1 N–H and O–H groups in total. The van der Waals surface area contributed by atoms with Crippen LogP contribution in [0.25, 0.3) is 21.5 Å². The predicted octanol–water partition coefficient (Wildman–Crippen LogP) is 6.18. The third-order valence-corrected chi connectivity index (χ3v) is 4.94. The summed E-state index contributed by atoms with van der Waals surface area (Å²) in [5, 5.41) is 14.0. The van der Waals surface area contributed by atoms with Crippen molar-refractivity contribution >= 4 is 29.9 Å². The molecule has 3 aromatic carbocycles. The summed E-state index contributed by atoms with van der Waals surface area (Å²) in [6.07, 6.45) is 0. The summed E-state index contributed by atoms with van der Waals surface area (Å²) in [6, 6.07) is 15.6. The van der Waals surface area contributed by atoms with Crippen molar-refractivity contribution < 1.29 is 14.3 Å². The maximum atomic E-state index is 9.64. The number of phenols is 1. The molecule has 0 fully saturated rings. The van der Waals surface area contributed by atoms with E-state index in [1.54, 1.807) is 12.1 Å². The van der Waals surface area contributed by atoms with E-state index in [0.717, 1.165) is 38.8 Å². The molecular formula is C21H24O3Si. The largest absolute Gasteiger partial charge is 0.545 e. The van der Waals surface area contributed by atoms with Gasteiger partial charge >= 0.3 is 0 Å². The van der Waals surface area contributed by atoms with Crippen LogP contribution in [0.2, 0.25) is 19.6 Å². The first-order valence-electron chi connectivity index (χ1n) is 8.43.